The van der Waals surface area contributed by atoms with Crippen LogP contribution in [-0.4, -0.2) is 43.8 Å². The number of fused-ring (bicyclic) bond motifs is 1. The fraction of sp³-hybridized carbons (Fsp3) is 0.385. The number of amides is 2. The summed E-state index contributed by atoms with van der Waals surface area (Å²) in [6.45, 7) is 1.38. The molecule has 3 rings (SSSR count). The average molecular weight is 324 g/mol. The maximum absolute atomic E-state index is 12.1. The van der Waals surface area contributed by atoms with Gasteiger partial charge in [-0.2, -0.15) is 0 Å². The van der Waals surface area contributed by atoms with Crippen molar-refractivity contribution in [3.8, 4) is 0 Å². The Morgan fingerprint density at radius 1 is 1.50 bits per heavy atom. The molecule has 1 aliphatic heterocycles. The van der Waals surface area contributed by atoms with Gasteiger partial charge in [-0.3, -0.25) is 0 Å². The van der Waals surface area contributed by atoms with Gasteiger partial charge in [0.25, 0.3) is 10.0 Å². The number of urea groups is 1. The standard InChI is InChI=1S/C13H16N4O4S/c1-14-13(18)16-22(19,20)10-2-3-11-12(6-10)17(8-15-11)7-9-4-5-21-9/h2-3,6,8-9H,4-5,7H2,1H3,(H2,14,16,18). The number of rotatable bonds is 4. The summed E-state index contributed by atoms with van der Waals surface area (Å²) in [6, 6.07) is 3.76. The molecule has 0 bridgehead atoms. The molecule has 2 aromatic rings. The minimum atomic E-state index is -3.91. The predicted molar refractivity (Wildman–Crippen MR) is 78.9 cm³/mol. The Labute approximate surface area is 127 Å². The van der Waals surface area contributed by atoms with Crippen molar-refractivity contribution in [1.82, 2.24) is 19.6 Å². The summed E-state index contributed by atoms with van der Waals surface area (Å²) in [4.78, 5) is 15.5. The van der Waals surface area contributed by atoms with E-state index in [1.165, 1.54) is 19.2 Å². The Kier molecular flexibility index (Phi) is 3.75. The smallest absolute Gasteiger partial charge is 0.328 e. The summed E-state index contributed by atoms with van der Waals surface area (Å²) in [7, 11) is -2.56. The van der Waals surface area contributed by atoms with Crippen molar-refractivity contribution in [1.29, 1.82) is 0 Å². The molecule has 1 fully saturated rings. The van der Waals surface area contributed by atoms with Gasteiger partial charge in [-0.05, 0) is 24.6 Å². The Balaban J connectivity index is 1.93. The highest BCUT2D eigenvalue weighted by Gasteiger charge is 2.21. The molecule has 1 aliphatic rings. The zero-order chi connectivity index (χ0) is 15.7. The molecular weight excluding hydrogens is 308 g/mol. The number of carbonyl (C=O) groups excluding carboxylic acids is 1. The molecule has 2 heterocycles. The van der Waals surface area contributed by atoms with Crippen molar-refractivity contribution >= 4 is 27.1 Å². The van der Waals surface area contributed by atoms with Gasteiger partial charge in [0, 0.05) is 13.7 Å². The number of ether oxygens (including phenoxy) is 1. The molecule has 0 aliphatic carbocycles. The van der Waals surface area contributed by atoms with Crippen LogP contribution in [0.4, 0.5) is 4.79 Å². The minimum Gasteiger partial charge on any atom is -0.376 e. The van der Waals surface area contributed by atoms with E-state index >= 15 is 0 Å². The van der Waals surface area contributed by atoms with E-state index in [-0.39, 0.29) is 11.0 Å². The van der Waals surface area contributed by atoms with E-state index in [4.69, 9.17) is 4.74 Å². The van der Waals surface area contributed by atoms with E-state index in [9.17, 15) is 13.2 Å². The van der Waals surface area contributed by atoms with Crippen molar-refractivity contribution in [2.24, 2.45) is 0 Å². The quantitative estimate of drug-likeness (QED) is 0.850. The van der Waals surface area contributed by atoms with E-state index in [0.717, 1.165) is 13.0 Å². The van der Waals surface area contributed by atoms with E-state index in [1.807, 2.05) is 9.29 Å². The predicted octanol–water partition coefficient (Wildman–Crippen LogP) is 0.443. The van der Waals surface area contributed by atoms with Crippen LogP contribution >= 0.6 is 0 Å². The second-order valence-corrected chi connectivity index (χ2v) is 6.70. The minimum absolute atomic E-state index is 0.0138. The molecule has 0 spiro atoms. The van der Waals surface area contributed by atoms with Gasteiger partial charge in [0.05, 0.1) is 34.9 Å². The van der Waals surface area contributed by atoms with Gasteiger partial charge < -0.3 is 14.6 Å². The molecule has 8 nitrogen and oxygen atoms in total. The van der Waals surface area contributed by atoms with Gasteiger partial charge in [-0.1, -0.05) is 0 Å². The number of benzene rings is 1. The molecule has 2 amide bonds. The van der Waals surface area contributed by atoms with Gasteiger partial charge >= 0.3 is 6.03 Å². The van der Waals surface area contributed by atoms with E-state index in [1.54, 1.807) is 12.4 Å². The van der Waals surface area contributed by atoms with E-state index < -0.39 is 16.1 Å². The SMILES string of the molecule is CNC(=O)NS(=O)(=O)c1ccc2ncn(CC3CCO3)c2c1. The third-order valence-electron chi connectivity index (χ3n) is 3.55. The van der Waals surface area contributed by atoms with Gasteiger partial charge in [0.15, 0.2) is 0 Å². The van der Waals surface area contributed by atoms with Crippen molar-refractivity contribution < 1.29 is 17.9 Å². The van der Waals surface area contributed by atoms with Crippen LogP contribution in [0.3, 0.4) is 0 Å². The highest BCUT2D eigenvalue weighted by atomic mass is 32.2. The summed E-state index contributed by atoms with van der Waals surface area (Å²) >= 11 is 0. The molecule has 1 atom stereocenters. The van der Waals surface area contributed by atoms with Gasteiger partial charge in [-0.15, -0.1) is 0 Å². The first-order valence-corrected chi connectivity index (χ1v) is 8.29. The lowest BCUT2D eigenvalue weighted by Gasteiger charge is -2.26. The molecule has 0 saturated carbocycles. The van der Waals surface area contributed by atoms with Crippen LogP contribution in [0.1, 0.15) is 6.42 Å². The van der Waals surface area contributed by atoms with Gasteiger partial charge in [0.1, 0.15) is 0 Å². The first-order valence-electron chi connectivity index (χ1n) is 6.80. The number of nitrogens with zero attached hydrogens (tertiary/aromatic N) is 2. The summed E-state index contributed by atoms with van der Waals surface area (Å²) in [5.74, 6) is 0. The molecular formula is C13H16N4O4S. The van der Waals surface area contributed by atoms with Crippen molar-refractivity contribution in [3.63, 3.8) is 0 Å². The van der Waals surface area contributed by atoms with Crippen molar-refractivity contribution in [2.45, 2.75) is 24.0 Å². The number of hydrogen-bond donors (Lipinski definition) is 2. The summed E-state index contributed by atoms with van der Waals surface area (Å²) in [6.07, 6.45) is 2.78. The molecule has 1 saturated heterocycles. The number of sulfonamides is 1. The lowest BCUT2D eigenvalue weighted by Crippen LogP contribution is -2.37. The summed E-state index contributed by atoms with van der Waals surface area (Å²) in [5.41, 5.74) is 1.38. The largest absolute Gasteiger partial charge is 0.376 e. The fourth-order valence-electron chi connectivity index (χ4n) is 2.23. The molecule has 9 heteroatoms. The Morgan fingerprint density at radius 2 is 2.27 bits per heavy atom. The molecule has 2 N–H and O–H groups in total. The average Bonchev–Trinajstić information content (AvgIpc) is 2.84. The maximum atomic E-state index is 12.1. The Hall–Kier alpha value is -2.13. The number of nitrogens with one attached hydrogen (secondary N) is 2. The summed E-state index contributed by atoms with van der Waals surface area (Å²) in [5, 5.41) is 2.21. The van der Waals surface area contributed by atoms with Crippen LogP contribution in [0.15, 0.2) is 29.4 Å². The van der Waals surface area contributed by atoms with Crippen LogP contribution in [0.25, 0.3) is 11.0 Å². The monoisotopic (exact) mass is 324 g/mol. The number of hydrogen-bond acceptors (Lipinski definition) is 5. The number of aromatic nitrogens is 2. The van der Waals surface area contributed by atoms with E-state index in [2.05, 4.69) is 10.3 Å². The normalized spacial score (nSPS) is 18.0. The molecule has 1 aromatic carbocycles. The van der Waals surface area contributed by atoms with Crippen molar-refractivity contribution in [3.05, 3.63) is 24.5 Å². The van der Waals surface area contributed by atoms with Crippen LogP contribution < -0.4 is 10.0 Å². The topological polar surface area (TPSA) is 102 Å². The maximum Gasteiger partial charge on any atom is 0.328 e. The first-order chi connectivity index (χ1) is 10.5. The highest BCUT2D eigenvalue weighted by Crippen LogP contribution is 2.21. The van der Waals surface area contributed by atoms with E-state index in [0.29, 0.717) is 17.6 Å². The van der Waals surface area contributed by atoms with Crippen LogP contribution in [0.2, 0.25) is 0 Å². The fourth-order valence-corrected chi connectivity index (χ4v) is 3.21. The van der Waals surface area contributed by atoms with Gasteiger partial charge in [-0.25, -0.2) is 22.9 Å². The number of imidazole rings is 1. The van der Waals surface area contributed by atoms with Crippen LogP contribution in [-0.2, 0) is 21.3 Å². The molecule has 1 unspecified atom stereocenters. The molecule has 118 valence electrons. The first kappa shape index (κ1) is 14.8. The lowest BCUT2D eigenvalue weighted by atomic mass is 10.2. The third-order valence-corrected chi connectivity index (χ3v) is 4.88. The zero-order valence-corrected chi connectivity index (χ0v) is 12.8. The second-order valence-electron chi connectivity index (χ2n) is 5.01. The van der Waals surface area contributed by atoms with Crippen LogP contribution in [0.5, 0.6) is 0 Å². The van der Waals surface area contributed by atoms with Gasteiger partial charge in [0.2, 0.25) is 0 Å². The molecule has 22 heavy (non-hydrogen) atoms. The third kappa shape index (κ3) is 2.77. The number of carbonyl (C=O) groups is 1. The second kappa shape index (κ2) is 5.58. The summed E-state index contributed by atoms with van der Waals surface area (Å²) < 4.78 is 33.5. The Bertz CT molecular complexity index is 811. The van der Waals surface area contributed by atoms with Crippen LogP contribution in [0, 0.1) is 0 Å². The highest BCUT2D eigenvalue weighted by molar-refractivity contribution is 7.90. The zero-order valence-electron chi connectivity index (χ0n) is 11.9. The molecule has 0 radical (unpaired) electrons. The Morgan fingerprint density at radius 3 is 2.91 bits per heavy atom. The van der Waals surface area contributed by atoms with Crippen molar-refractivity contribution in [2.75, 3.05) is 13.7 Å². The lowest BCUT2D eigenvalue weighted by molar-refractivity contribution is -0.0586. The molecule has 1 aromatic heterocycles.